The molecule has 0 saturated heterocycles. The van der Waals surface area contributed by atoms with Gasteiger partial charge in [0.1, 0.15) is 0 Å². The minimum Gasteiger partial charge on any atom is -0.297 e. The lowest BCUT2D eigenvalue weighted by atomic mass is 9.81. The summed E-state index contributed by atoms with van der Waals surface area (Å²) >= 11 is 0. The van der Waals surface area contributed by atoms with Gasteiger partial charge in [-0.1, -0.05) is 31.5 Å². The van der Waals surface area contributed by atoms with Crippen molar-refractivity contribution in [2.75, 3.05) is 13.6 Å². The minimum absolute atomic E-state index is 0.192. The molecule has 1 aliphatic rings. The Balaban J connectivity index is 2.49. The van der Waals surface area contributed by atoms with Crippen molar-refractivity contribution in [3.63, 3.8) is 0 Å². The van der Waals surface area contributed by atoms with Crippen molar-refractivity contribution in [3.05, 3.63) is 34.9 Å². The lowest BCUT2D eigenvalue weighted by Crippen LogP contribution is -2.44. The Morgan fingerprint density at radius 1 is 1.31 bits per heavy atom. The van der Waals surface area contributed by atoms with Crippen LogP contribution in [0, 0.1) is 0 Å². The summed E-state index contributed by atoms with van der Waals surface area (Å²) < 4.78 is 0. The minimum atomic E-state index is 0.192. The number of nitrogens with zero attached hydrogens (tertiary/aromatic N) is 1. The van der Waals surface area contributed by atoms with E-state index < -0.39 is 0 Å². The fraction of sp³-hybridized carbons (Fsp3) is 0.600. The smallest absolute Gasteiger partial charge is 0.0404 e. The molecule has 0 aromatic heterocycles. The summed E-state index contributed by atoms with van der Waals surface area (Å²) in [6.45, 7) is 8.11. The predicted octanol–water partition coefficient (Wildman–Crippen LogP) is 3.36. The van der Waals surface area contributed by atoms with E-state index >= 15 is 0 Å². The molecule has 16 heavy (non-hydrogen) atoms. The molecule has 1 aromatic rings. The molecule has 88 valence electrons. The Labute approximate surface area is 99.5 Å². The molecule has 0 atom stereocenters. The molecule has 0 saturated carbocycles. The monoisotopic (exact) mass is 217 g/mol. The van der Waals surface area contributed by atoms with Crippen molar-refractivity contribution in [3.8, 4) is 0 Å². The van der Waals surface area contributed by atoms with Crippen LogP contribution in [0.4, 0.5) is 0 Å². The van der Waals surface area contributed by atoms with Gasteiger partial charge in [-0.3, -0.25) is 4.90 Å². The van der Waals surface area contributed by atoms with E-state index in [1.807, 2.05) is 0 Å². The van der Waals surface area contributed by atoms with E-state index in [4.69, 9.17) is 0 Å². The number of fused-ring (bicyclic) bond motifs is 1. The first-order chi connectivity index (χ1) is 7.57. The Morgan fingerprint density at radius 3 is 2.75 bits per heavy atom. The summed E-state index contributed by atoms with van der Waals surface area (Å²) in [6.07, 6.45) is 3.68. The molecule has 0 bridgehead atoms. The molecule has 0 aliphatic carbocycles. The molecule has 0 amide bonds. The van der Waals surface area contributed by atoms with Crippen molar-refractivity contribution in [1.82, 2.24) is 4.90 Å². The first-order valence-electron chi connectivity index (χ1n) is 6.40. The molecule has 1 nitrogen and oxygen atoms in total. The maximum atomic E-state index is 2.46. The van der Waals surface area contributed by atoms with Crippen LogP contribution >= 0.6 is 0 Å². The number of hydrogen-bond acceptors (Lipinski definition) is 1. The van der Waals surface area contributed by atoms with Crippen molar-refractivity contribution < 1.29 is 0 Å². The van der Waals surface area contributed by atoms with E-state index in [-0.39, 0.29) is 5.54 Å². The molecule has 0 spiro atoms. The van der Waals surface area contributed by atoms with Crippen LogP contribution in [0.2, 0.25) is 0 Å². The van der Waals surface area contributed by atoms with Gasteiger partial charge in [-0.15, -0.1) is 0 Å². The Kier molecular flexibility index (Phi) is 3.07. The zero-order valence-electron chi connectivity index (χ0n) is 11.0. The largest absolute Gasteiger partial charge is 0.297 e. The zero-order chi connectivity index (χ0) is 11.8. The highest BCUT2D eigenvalue weighted by atomic mass is 15.2. The lowest BCUT2D eigenvalue weighted by molar-refractivity contribution is 0.143. The molecule has 1 aromatic carbocycles. The summed E-state index contributed by atoms with van der Waals surface area (Å²) in [5.41, 5.74) is 4.91. The lowest BCUT2D eigenvalue weighted by Gasteiger charge is -2.42. The first-order valence-corrected chi connectivity index (χ1v) is 6.40. The predicted molar refractivity (Wildman–Crippen MR) is 69.8 cm³/mol. The van der Waals surface area contributed by atoms with Crippen LogP contribution in [0.1, 0.15) is 43.9 Å². The molecular formula is C15H23N. The average molecular weight is 217 g/mol. The molecule has 0 unspecified atom stereocenters. The van der Waals surface area contributed by atoms with Crippen LogP contribution in [0.25, 0.3) is 0 Å². The Bertz CT molecular complexity index is 379. The second-order valence-corrected chi connectivity index (χ2v) is 5.42. The highest BCUT2D eigenvalue weighted by Crippen LogP contribution is 2.35. The van der Waals surface area contributed by atoms with Crippen molar-refractivity contribution >= 4 is 0 Å². The summed E-state index contributed by atoms with van der Waals surface area (Å²) in [4.78, 5) is 2.46. The normalized spacial score (nSPS) is 19.5. The van der Waals surface area contributed by atoms with Crippen molar-refractivity contribution in [2.45, 2.75) is 45.6 Å². The Morgan fingerprint density at radius 2 is 2.06 bits per heavy atom. The fourth-order valence-corrected chi connectivity index (χ4v) is 2.77. The highest BCUT2D eigenvalue weighted by molar-refractivity contribution is 5.41. The van der Waals surface area contributed by atoms with Gasteiger partial charge in [-0.05, 0) is 50.4 Å². The fourth-order valence-electron chi connectivity index (χ4n) is 2.77. The van der Waals surface area contributed by atoms with E-state index in [0.29, 0.717) is 0 Å². The summed E-state index contributed by atoms with van der Waals surface area (Å²) in [6, 6.07) is 6.85. The summed E-state index contributed by atoms with van der Waals surface area (Å²) in [5, 5.41) is 0. The number of hydrogen-bond donors (Lipinski definition) is 0. The molecule has 0 N–H and O–H groups in total. The van der Waals surface area contributed by atoms with Gasteiger partial charge < -0.3 is 0 Å². The summed E-state index contributed by atoms with van der Waals surface area (Å²) in [7, 11) is 2.23. The molecule has 1 heterocycles. The molecule has 2 rings (SSSR count). The number of likely N-dealkylation sites (N-methyl/N-ethyl adjacent to an activating group) is 1. The second-order valence-electron chi connectivity index (χ2n) is 5.42. The van der Waals surface area contributed by atoms with E-state index in [1.165, 1.54) is 31.4 Å². The maximum Gasteiger partial charge on any atom is 0.0404 e. The van der Waals surface area contributed by atoms with Gasteiger partial charge in [-0.2, -0.15) is 0 Å². The van der Waals surface area contributed by atoms with Crippen molar-refractivity contribution in [1.29, 1.82) is 0 Å². The first kappa shape index (κ1) is 11.7. The number of rotatable bonds is 2. The van der Waals surface area contributed by atoms with Gasteiger partial charge in [0.15, 0.2) is 0 Å². The highest BCUT2D eigenvalue weighted by Gasteiger charge is 2.32. The zero-order valence-corrected chi connectivity index (χ0v) is 11.0. The number of aryl methyl sites for hydroxylation is 1. The third-order valence-corrected chi connectivity index (χ3v) is 4.10. The topological polar surface area (TPSA) is 3.24 Å². The van der Waals surface area contributed by atoms with Crippen LogP contribution in [0.15, 0.2) is 18.2 Å². The van der Waals surface area contributed by atoms with Gasteiger partial charge in [-0.25, -0.2) is 0 Å². The van der Waals surface area contributed by atoms with E-state index in [2.05, 4.69) is 50.9 Å². The third-order valence-electron chi connectivity index (χ3n) is 4.10. The van der Waals surface area contributed by atoms with Gasteiger partial charge in [0.05, 0.1) is 0 Å². The third kappa shape index (κ3) is 1.78. The van der Waals surface area contributed by atoms with Gasteiger partial charge >= 0.3 is 0 Å². The van der Waals surface area contributed by atoms with Crippen LogP contribution < -0.4 is 0 Å². The van der Waals surface area contributed by atoms with Crippen LogP contribution in [-0.4, -0.2) is 18.5 Å². The maximum absolute atomic E-state index is 2.46. The molecule has 1 aliphatic heterocycles. The number of benzene rings is 1. The molecular weight excluding hydrogens is 194 g/mol. The molecule has 0 fully saturated rings. The standard InChI is InChI=1S/C15H23N/c1-5-7-12-8-6-9-14-13(12)10-11-16(4)15(14,2)3/h6,8-9H,5,7,10-11H2,1-4H3. The van der Waals surface area contributed by atoms with Crippen molar-refractivity contribution in [2.24, 2.45) is 0 Å². The van der Waals surface area contributed by atoms with Crippen LogP contribution in [0.3, 0.4) is 0 Å². The van der Waals surface area contributed by atoms with Gasteiger partial charge in [0.2, 0.25) is 0 Å². The SMILES string of the molecule is CCCc1cccc2c1CCN(C)C2(C)C. The summed E-state index contributed by atoms with van der Waals surface area (Å²) in [5.74, 6) is 0. The van der Waals surface area contributed by atoms with E-state index in [0.717, 1.165) is 0 Å². The van der Waals surface area contributed by atoms with E-state index in [1.54, 1.807) is 11.1 Å². The van der Waals surface area contributed by atoms with Crippen LogP contribution in [-0.2, 0) is 18.4 Å². The Hall–Kier alpha value is -0.820. The average Bonchev–Trinajstić information content (AvgIpc) is 2.25. The quantitative estimate of drug-likeness (QED) is 0.734. The van der Waals surface area contributed by atoms with Gasteiger partial charge in [0.25, 0.3) is 0 Å². The van der Waals surface area contributed by atoms with Gasteiger partial charge in [0, 0.05) is 12.1 Å². The molecule has 1 heteroatoms. The van der Waals surface area contributed by atoms with Crippen LogP contribution in [0.5, 0.6) is 0 Å². The molecule has 0 radical (unpaired) electrons. The van der Waals surface area contributed by atoms with E-state index in [9.17, 15) is 0 Å². The second kappa shape index (κ2) is 4.21.